The van der Waals surface area contributed by atoms with E-state index in [0.717, 1.165) is 18.4 Å². The van der Waals surface area contributed by atoms with Gasteiger partial charge in [0, 0.05) is 6.42 Å². The Morgan fingerprint density at radius 3 is 2.57 bits per heavy atom. The van der Waals surface area contributed by atoms with E-state index in [4.69, 9.17) is 4.74 Å². The number of esters is 1. The van der Waals surface area contributed by atoms with E-state index in [0.29, 0.717) is 18.6 Å². The average molecular weight is 286 g/mol. The molecule has 2 nitrogen and oxygen atoms in total. The van der Waals surface area contributed by atoms with Crippen LogP contribution in [0.3, 0.4) is 0 Å². The van der Waals surface area contributed by atoms with E-state index < -0.39 is 0 Å². The van der Waals surface area contributed by atoms with Gasteiger partial charge in [-0.15, -0.1) is 5.73 Å². The Labute approximate surface area is 128 Å². The van der Waals surface area contributed by atoms with Gasteiger partial charge in [0.1, 0.15) is 0 Å². The van der Waals surface area contributed by atoms with Crippen LogP contribution in [0.15, 0.2) is 47.7 Å². The van der Waals surface area contributed by atoms with Crippen LogP contribution in [0.1, 0.15) is 51.5 Å². The third-order valence-corrected chi connectivity index (χ3v) is 3.22. The standard InChI is InChI=1S/C19H26O2/c1-3-5-6-7-8-12-15-18(19(20)21-4-2)16-17-13-10-9-11-14-17/h9-14H,3-8,16H2,1-2H3. The molecule has 0 radical (unpaired) electrons. The maximum absolute atomic E-state index is 12.0. The number of carbonyl (C=O) groups excluding carboxylic acids is 1. The van der Waals surface area contributed by atoms with Crippen LogP contribution in [0, 0.1) is 0 Å². The molecule has 0 amide bonds. The Hall–Kier alpha value is -1.79. The maximum Gasteiger partial charge on any atom is 0.342 e. The van der Waals surface area contributed by atoms with Gasteiger partial charge in [-0.25, -0.2) is 4.79 Å². The smallest absolute Gasteiger partial charge is 0.342 e. The highest BCUT2D eigenvalue weighted by atomic mass is 16.5. The largest absolute Gasteiger partial charge is 0.462 e. The summed E-state index contributed by atoms with van der Waals surface area (Å²) in [5.41, 5.74) is 4.86. The van der Waals surface area contributed by atoms with E-state index in [2.05, 4.69) is 12.7 Å². The molecule has 0 fully saturated rings. The number of ether oxygens (including phenoxy) is 1. The van der Waals surface area contributed by atoms with Crippen molar-refractivity contribution in [2.45, 2.75) is 52.4 Å². The van der Waals surface area contributed by atoms with Crippen molar-refractivity contribution in [3.63, 3.8) is 0 Å². The van der Waals surface area contributed by atoms with Crippen molar-refractivity contribution in [3.05, 3.63) is 53.3 Å². The summed E-state index contributed by atoms with van der Waals surface area (Å²) >= 11 is 0. The number of unbranched alkanes of at least 4 members (excludes halogenated alkanes) is 4. The molecule has 21 heavy (non-hydrogen) atoms. The maximum atomic E-state index is 12.0. The first-order valence-corrected chi connectivity index (χ1v) is 7.93. The summed E-state index contributed by atoms with van der Waals surface area (Å²) in [7, 11) is 0. The normalized spacial score (nSPS) is 9.81. The molecule has 0 bridgehead atoms. The van der Waals surface area contributed by atoms with Crippen LogP contribution < -0.4 is 0 Å². The van der Waals surface area contributed by atoms with Crippen molar-refractivity contribution in [2.24, 2.45) is 0 Å². The highest BCUT2D eigenvalue weighted by molar-refractivity contribution is 5.88. The van der Waals surface area contributed by atoms with Crippen molar-refractivity contribution in [3.8, 4) is 0 Å². The third-order valence-electron chi connectivity index (χ3n) is 3.22. The summed E-state index contributed by atoms with van der Waals surface area (Å²) in [5.74, 6) is -0.258. The number of rotatable bonds is 9. The minimum Gasteiger partial charge on any atom is -0.462 e. The molecule has 0 saturated carbocycles. The van der Waals surface area contributed by atoms with Crippen molar-refractivity contribution in [2.75, 3.05) is 6.61 Å². The fourth-order valence-corrected chi connectivity index (χ4v) is 2.07. The minimum absolute atomic E-state index is 0.258. The lowest BCUT2D eigenvalue weighted by atomic mass is 10.1. The second kappa shape index (κ2) is 10.9. The summed E-state index contributed by atoms with van der Waals surface area (Å²) in [6, 6.07) is 9.96. The van der Waals surface area contributed by atoms with Crippen LogP contribution in [-0.4, -0.2) is 12.6 Å². The van der Waals surface area contributed by atoms with Gasteiger partial charge in [0.05, 0.1) is 12.2 Å². The Morgan fingerprint density at radius 2 is 1.90 bits per heavy atom. The molecule has 2 heteroatoms. The second-order valence-corrected chi connectivity index (χ2v) is 5.06. The number of benzene rings is 1. The molecular weight excluding hydrogens is 260 g/mol. The molecule has 0 spiro atoms. The van der Waals surface area contributed by atoms with Crippen LogP contribution in [0.25, 0.3) is 0 Å². The zero-order valence-electron chi connectivity index (χ0n) is 13.2. The molecule has 0 aromatic heterocycles. The summed E-state index contributed by atoms with van der Waals surface area (Å²) in [6.45, 7) is 4.43. The highest BCUT2D eigenvalue weighted by Crippen LogP contribution is 2.09. The van der Waals surface area contributed by atoms with Crippen LogP contribution in [-0.2, 0) is 16.0 Å². The van der Waals surface area contributed by atoms with Crippen molar-refractivity contribution < 1.29 is 9.53 Å². The third kappa shape index (κ3) is 7.53. The fourth-order valence-electron chi connectivity index (χ4n) is 2.07. The number of hydrogen-bond acceptors (Lipinski definition) is 2. The lowest BCUT2D eigenvalue weighted by molar-refractivity contribution is -0.138. The van der Waals surface area contributed by atoms with Crippen molar-refractivity contribution in [1.82, 2.24) is 0 Å². The van der Waals surface area contributed by atoms with Crippen LogP contribution >= 0.6 is 0 Å². The van der Waals surface area contributed by atoms with Gasteiger partial charge in [-0.1, -0.05) is 56.5 Å². The van der Waals surface area contributed by atoms with Gasteiger partial charge < -0.3 is 4.74 Å². The lowest BCUT2D eigenvalue weighted by Gasteiger charge is -2.04. The van der Waals surface area contributed by atoms with Crippen LogP contribution in [0.4, 0.5) is 0 Å². The lowest BCUT2D eigenvalue weighted by Crippen LogP contribution is -2.09. The molecule has 0 atom stereocenters. The molecule has 0 unspecified atom stereocenters. The fraction of sp³-hybridized carbons (Fsp3) is 0.474. The van der Waals surface area contributed by atoms with Crippen molar-refractivity contribution in [1.29, 1.82) is 0 Å². The Bertz CT molecular complexity index is 468. The molecule has 0 aliphatic carbocycles. The average Bonchev–Trinajstić information content (AvgIpc) is 2.50. The van der Waals surface area contributed by atoms with Crippen LogP contribution in [0.2, 0.25) is 0 Å². The topological polar surface area (TPSA) is 26.3 Å². The first kappa shape index (κ1) is 17.3. The Balaban J connectivity index is 2.67. The molecule has 1 aromatic rings. The van der Waals surface area contributed by atoms with E-state index >= 15 is 0 Å². The molecule has 1 rings (SSSR count). The van der Waals surface area contributed by atoms with E-state index in [1.54, 1.807) is 0 Å². The molecule has 0 aliphatic heterocycles. The molecule has 0 saturated heterocycles. The van der Waals surface area contributed by atoms with Gasteiger partial charge in [0.2, 0.25) is 0 Å². The van der Waals surface area contributed by atoms with E-state index in [1.807, 2.05) is 43.3 Å². The van der Waals surface area contributed by atoms with Crippen LogP contribution in [0.5, 0.6) is 0 Å². The minimum atomic E-state index is -0.258. The summed E-state index contributed by atoms with van der Waals surface area (Å²) in [4.78, 5) is 12.0. The van der Waals surface area contributed by atoms with Gasteiger partial charge in [0.15, 0.2) is 0 Å². The van der Waals surface area contributed by atoms with E-state index in [9.17, 15) is 4.79 Å². The molecular formula is C19H26O2. The predicted molar refractivity (Wildman–Crippen MR) is 87.1 cm³/mol. The van der Waals surface area contributed by atoms with Gasteiger partial charge in [-0.2, -0.15) is 0 Å². The highest BCUT2D eigenvalue weighted by Gasteiger charge is 2.10. The van der Waals surface area contributed by atoms with Gasteiger partial charge in [-0.05, 0) is 31.4 Å². The van der Waals surface area contributed by atoms with Crippen molar-refractivity contribution >= 4 is 5.97 Å². The number of hydrogen-bond donors (Lipinski definition) is 0. The molecule has 0 N–H and O–H groups in total. The zero-order chi connectivity index (χ0) is 15.3. The van der Waals surface area contributed by atoms with Gasteiger partial charge in [0.25, 0.3) is 0 Å². The molecule has 114 valence electrons. The summed E-state index contributed by atoms with van der Waals surface area (Å²) in [6.07, 6.45) is 8.42. The van der Waals surface area contributed by atoms with Gasteiger partial charge in [-0.3, -0.25) is 0 Å². The molecule has 0 heterocycles. The zero-order valence-corrected chi connectivity index (χ0v) is 13.2. The Kier molecular flexibility index (Phi) is 8.99. The summed E-state index contributed by atoms with van der Waals surface area (Å²) in [5, 5.41) is 0. The first-order chi connectivity index (χ1) is 10.3. The first-order valence-electron chi connectivity index (χ1n) is 7.93. The quantitative estimate of drug-likeness (QED) is 0.281. The Morgan fingerprint density at radius 1 is 1.14 bits per heavy atom. The molecule has 1 aromatic carbocycles. The van der Waals surface area contributed by atoms with E-state index in [1.165, 1.54) is 19.3 Å². The number of carbonyl (C=O) groups is 1. The monoisotopic (exact) mass is 286 g/mol. The predicted octanol–water partition coefficient (Wildman–Crippen LogP) is 4.84. The van der Waals surface area contributed by atoms with Gasteiger partial charge >= 0.3 is 5.97 Å². The molecule has 0 aliphatic rings. The SMILES string of the molecule is CCCCCCC=C=C(Cc1ccccc1)C(=O)OCC. The second-order valence-electron chi connectivity index (χ2n) is 5.06. The summed E-state index contributed by atoms with van der Waals surface area (Å²) < 4.78 is 5.11. The van der Waals surface area contributed by atoms with E-state index in [-0.39, 0.29) is 5.97 Å².